The molecule has 1 aromatic heterocycles. The minimum Gasteiger partial charge on any atom is -0.467 e. The van der Waals surface area contributed by atoms with Gasteiger partial charge in [-0.1, -0.05) is 62.4 Å². The number of methoxy groups -OCH3 is 1. The van der Waals surface area contributed by atoms with Crippen molar-refractivity contribution >= 4 is 29.5 Å². The number of anilines is 1. The number of carbonyl (C=O) groups excluding carboxylic acids is 4. The summed E-state index contributed by atoms with van der Waals surface area (Å²) in [5.41, 5.74) is 5.70. The van der Waals surface area contributed by atoms with Crippen LogP contribution in [0.3, 0.4) is 0 Å². The summed E-state index contributed by atoms with van der Waals surface area (Å²) in [7, 11) is 1.33. The number of nitrogens with zero attached hydrogens (tertiary/aromatic N) is 3. The smallest absolute Gasteiger partial charge is 0.328 e. The summed E-state index contributed by atoms with van der Waals surface area (Å²) in [5.74, 6) is -1.20. The first-order valence-corrected chi connectivity index (χ1v) is 14.9. The van der Waals surface area contributed by atoms with Crippen molar-refractivity contribution in [2.45, 2.75) is 95.3 Å². The molecule has 11 heteroatoms. The van der Waals surface area contributed by atoms with Crippen LogP contribution in [0.1, 0.15) is 76.7 Å². The summed E-state index contributed by atoms with van der Waals surface area (Å²) in [4.78, 5) is 58.2. The van der Waals surface area contributed by atoms with E-state index in [2.05, 4.69) is 15.6 Å². The third-order valence-electron chi connectivity index (χ3n) is 8.29. The standard InChI is InChI=1S/C31H44N6O5/c1-31(2,32)30(41)34-24(17-21-11-6-4-7-12-21)27(38)35-26-19-36(20-33-26)18-23(22-13-8-5-9-14-22)28(39)37-16-10-15-25(37)29(40)42-3/h5,8-9,13-14,19-21,23-25H,4,6-7,10-12,15-18,32H2,1-3H3,(H,34,41)(H,35,38)/t23?,24-,25+/m1/s1. The molecule has 3 amide bonds. The molecule has 1 saturated heterocycles. The van der Waals surface area contributed by atoms with Gasteiger partial charge < -0.3 is 30.6 Å². The van der Waals surface area contributed by atoms with E-state index in [-0.39, 0.29) is 24.3 Å². The molecule has 2 fully saturated rings. The summed E-state index contributed by atoms with van der Waals surface area (Å²) in [6.45, 7) is 3.97. The molecular formula is C31H44N6O5. The zero-order valence-electron chi connectivity index (χ0n) is 24.9. The third kappa shape index (κ3) is 7.96. The Morgan fingerprint density at radius 3 is 2.45 bits per heavy atom. The second kappa shape index (κ2) is 14.0. The van der Waals surface area contributed by atoms with Crippen molar-refractivity contribution in [2.24, 2.45) is 11.7 Å². The Bertz CT molecular complexity index is 1230. The molecule has 4 N–H and O–H groups in total. The Labute approximate surface area is 247 Å². The minimum atomic E-state index is -1.12. The van der Waals surface area contributed by atoms with Crippen molar-refractivity contribution in [1.82, 2.24) is 19.8 Å². The summed E-state index contributed by atoms with van der Waals surface area (Å²) < 4.78 is 6.70. The van der Waals surface area contributed by atoms with Gasteiger partial charge in [0.25, 0.3) is 0 Å². The predicted molar refractivity (Wildman–Crippen MR) is 158 cm³/mol. The molecule has 1 aliphatic heterocycles. The lowest BCUT2D eigenvalue weighted by atomic mass is 9.84. The number of hydrogen-bond donors (Lipinski definition) is 3. The summed E-state index contributed by atoms with van der Waals surface area (Å²) in [5, 5.41) is 5.70. The molecule has 0 spiro atoms. The number of carbonyl (C=O) groups is 4. The van der Waals surface area contributed by atoms with E-state index >= 15 is 0 Å². The first kappa shape index (κ1) is 31.2. The van der Waals surface area contributed by atoms with Gasteiger partial charge in [0.15, 0.2) is 5.82 Å². The molecule has 228 valence electrons. The summed E-state index contributed by atoms with van der Waals surface area (Å²) >= 11 is 0. The van der Waals surface area contributed by atoms with Crippen LogP contribution in [0.4, 0.5) is 5.82 Å². The Balaban J connectivity index is 1.48. The largest absolute Gasteiger partial charge is 0.467 e. The number of rotatable bonds is 11. The van der Waals surface area contributed by atoms with Crippen LogP contribution in [0.15, 0.2) is 42.9 Å². The van der Waals surface area contributed by atoms with E-state index in [1.54, 1.807) is 35.8 Å². The number of likely N-dealkylation sites (tertiary alicyclic amines) is 1. The first-order valence-electron chi connectivity index (χ1n) is 14.9. The van der Waals surface area contributed by atoms with Gasteiger partial charge in [0, 0.05) is 19.3 Å². The van der Waals surface area contributed by atoms with Crippen molar-refractivity contribution in [2.75, 3.05) is 19.0 Å². The lowest BCUT2D eigenvalue weighted by molar-refractivity contribution is -0.151. The number of ether oxygens (including phenoxy) is 1. The summed E-state index contributed by atoms with van der Waals surface area (Å²) in [6, 6.07) is 8.09. The number of hydrogen-bond acceptors (Lipinski definition) is 7. The van der Waals surface area contributed by atoms with Crippen molar-refractivity contribution in [3.8, 4) is 0 Å². The highest BCUT2D eigenvalue weighted by molar-refractivity contribution is 5.98. The van der Waals surface area contributed by atoms with Crippen molar-refractivity contribution < 1.29 is 23.9 Å². The van der Waals surface area contributed by atoms with E-state index < -0.39 is 29.5 Å². The highest BCUT2D eigenvalue weighted by atomic mass is 16.5. The lowest BCUT2D eigenvalue weighted by Gasteiger charge is -2.28. The molecule has 1 aromatic carbocycles. The number of amides is 3. The molecular weight excluding hydrogens is 536 g/mol. The van der Waals surface area contributed by atoms with Crippen LogP contribution in [-0.4, -0.2) is 69.4 Å². The van der Waals surface area contributed by atoms with Crippen LogP contribution in [0.25, 0.3) is 0 Å². The normalized spacial score (nSPS) is 19.1. The van der Waals surface area contributed by atoms with Gasteiger partial charge in [-0.05, 0) is 44.6 Å². The predicted octanol–water partition coefficient (Wildman–Crippen LogP) is 2.96. The first-order chi connectivity index (χ1) is 20.1. The molecule has 1 unspecified atom stereocenters. The molecule has 1 aliphatic carbocycles. The number of nitrogens with one attached hydrogen (secondary N) is 2. The molecule has 42 heavy (non-hydrogen) atoms. The molecule has 2 aliphatic rings. The van der Waals surface area contributed by atoms with Crippen LogP contribution in [0.5, 0.6) is 0 Å². The molecule has 2 aromatic rings. The quantitative estimate of drug-likeness (QED) is 0.346. The van der Waals surface area contributed by atoms with E-state index in [1.807, 2.05) is 30.3 Å². The highest BCUT2D eigenvalue weighted by Crippen LogP contribution is 2.29. The maximum Gasteiger partial charge on any atom is 0.328 e. The molecule has 11 nitrogen and oxygen atoms in total. The van der Waals surface area contributed by atoms with Gasteiger partial charge in [-0.25, -0.2) is 9.78 Å². The van der Waals surface area contributed by atoms with Crippen LogP contribution in [0, 0.1) is 5.92 Å². The van der Waals surface area contributed by atoms with Gasteiger partial charge >= 0.3 is 5.97 Å². The highest BCUT2D eigenvalue weighted by Gasteiger charge is 2.38. The fraction of sp³-hybridized carbons (Fsp3) is 0.581. The Morgan fingerprint density at radius 1 is 1.07 bits per heavy atom. The average molecular weight is 581 g/mol. The van der Waals surface area contributed by atoms with E-state index in [4.69, 9.17) is 10.5 Å². The van der Waals surface area contributed by atoms with E-state index in [1.165, 1.54) is 13.5 Å². The number of aromatic nitrogens is 2. The van der Waals surface area contributed by atoms with Crippen molar-refractivity contribution in [3.63, 3.8) is 0 Å². The SMILES string of the molecule is COC(=O)[C@@H]1CCCN1C(=O)C(Cn1cnc(NC(=O)[C@@H](CC2CCCCC2)NC(=O)C(C)(C)N)c1)c1ccccc1. The zero-order valence-corrected chi connectivity index (χ0v) is 24.9. The molecule has 0 bridgehead atoms. The van der Waals surface area contributed by atoms with Gasteiger partial charge in [-0.3, -0.25) is 14.4 Å². The van der Waals surface area contributed by atoms with Gasteiger partial charge in [0.1, 0.15) is 12.1 Å². The van der Waals surface area contributed by atoms with Crippen LogP contribution >= 0.6 is 0 Å². The maximum atomic E-state index is 13.8. The Hall–Kier alpha value is -3.73. The van der Waals surface area contributed by atoms with Crippen LogP contribution < -0.4 is 16.4 Å². The number of nitrogens with two attached hydrogens (primary N) is 1. The molecule has 4 rings (SSSR count). The van der Waals surface area contributed by atoms with E-state index in [9.17, 15) is 19.2 Å². The van der Waals surface area contributed by atoms with Crippen LogP contribution in [-0.2, 0) is 30.5 Å². The zero-order chi connectivity index (χ0) is 30.3. The number of imidazole rings is 1. The second-order valence-electron chi connectivity index (χ2n) is 12.1. The topological polar surface area (TPSA) is 149 Å². The van der Waals surface area contributed by atoms with Gasteiger partial charge in [-0.2, -0.15) is 0 Å². The average Bonchev–Trinajstić information content (AvgIpc) is 3.65. The van der Waals surface area contributed by atoms with Gasteiger partial charge in [-0.15, -0.1) is 0 Å². The molecule has 0 radical (unpaired) electrons. The minimum absolute atomic E-state index is 0.159. The third-order valence-corrected chi connectivity index (χ3v) is 8.29. The van der Waals surface area contributed by atoms with E-state index in [0.29, 0.717) is 31.1 Å². The fourth-order valence-corrected chi connectivity index (χ4v) is 5.90. The second-order valence-corrected chi connectivity index (χ2v) is 12.1. The van der Waals surface area contributed by atoms with Crippen molar-refractivity contribution in [1.29, 1.82) is 0 Å². The Morgan fingerprint density at radius 2 is 1.79 bits per heavy atom. The number of esters is 1. The molecule has 1 saturated carbocycles. The Kier molecular flexibility index (Phi) is 10.4. The number of benzene rings is 1. The van der Waals surface area contributed by atoms with Crippen molar-refractivity contribution in [3.05, 3.63) is 48.4 Å². The summed E-state index contributed by atoms with van der Waals surface area (Å²) in [6.07, 6.45) is 10.6. The maximum absolute atomic E-state index is 13.8. The van der Waals surface area contributed by atoms with Gasteiger partial charge in [0.2, 0.25) is 17.7 Å². The fourth-order valence-electron chi connectivity index (χ4n) is 5.90. The van der Waals surface area contributed by atoms with E-state index in [0.717, 1.165) is 37.7 Å². The lowest BCUT2D eigenvalue weighted by Crippen LogP contribution is -2.55. The monoisotopic (exact) mass is 580 g/mol. The van der Waals surface area contributed by atoms with Gasteiger partial charge in [0.05, 0.1) is 24.9 Å². The molecule has 3 atom stereocenters. The van der Waals surface area contributed by atoms with Crippen LogP contribution in [0.2, 0.25) is 0 Å². The molecule has 2 heterocycles.